The minimum Gasteiger partial charge on any atom is -0.398 e. The number of hydrogen-bond acceptors (Lipinski definition) is 3. The van der Waals surface area contributed by atoms with Gasteiger partial charge in [0.25, 0.3) is 5.91 Å². The molecule has 1 aromatic rings. The van der Waals surface area contributed by atoms with Gasteiger partial charge in [-0.2, -0.15) is 0 Å². The molecule has 0 aliphatic heterocycles. The van der Waals surface area contributed by atoms with E-state index in [1.54, 1.807) is 6.07 Å². The maximum Gasteiger partial charge on any atom is 0.251 e. The number of rotatable bonds is 4. The van der Waals surface area contributed by atoms with Crippen molar-refractivity contribution in [3.8, 4) is 0 Å². The standard InChI is InChI=1S/C14H22N2O2/c1-8(2)13(17)7-16-14(18)11-6-12(15)10(4)5-9(11)3/h5-6,8,13,17H,7,15H2,1-4H3,(H,16,18). The maximum absolute atomic E-state index is 12.0. The second-order valence-corrected chi connectivity index (χ2v) is 5.05. The van der Waals surface area contributed by atoms with E-state index in [0.717, 1.165) is 11.1 Å². The Balaban J connectivity index is 2.76. The van der Waals surface area contributed by atoms with Crippen molar-refractivity contribution in [1.82, 2.24) is 5.32 Å². The highest BCUT2D eigenvalue weighted by Gasteiger charge is 2.14. The summed E-state index contributed by atoms with van der Waals surface area (Å²) in [7, 11) is 0. The lowest BCUT2D eigenvalue weighted by Crippen LogP contribution is -2.35. The van der Waals surface area contributed by atoms with Gasteiger partial charge < -0.3 is 16.2 Å². The van der Waals surface area contributed by atoms with Crippen LogP contribution >= 0.6 is 0 Å². The Hall–Kier alpha value is -1.55. The number of aryl methyl sites for hydroxylation is 2. The van der Waals surface area contributed by atoms with Crippen LogP contribution in [0.1, 0.15) is 35.3 Å². The number of nitrogens with two attached hydrogens (primary N) is 1. The van der Waals surface area contributed by atoms with Crippen LogP contribution in [0.5, 0.6) is 0 Å². The molecule has 1 atom stereocenters. The van der Waals surface area contributed by atoms with Gasteiger partial charge in [0.15, 0.2) is 0 Å². The predicted octanol–water partition coefficient (Wildman–Crippen LogP) is 1.63. The molecule has 0 saturated carbocycles. The van der Waals surface area contributed by atoms with Gasteiger partial charge in [-0.15, -0.1) is 0 Å². The Labute approximate surface area is 108 Å². The van der Waals surface area contributed by atoms with E-state index in [-0.39, 0.29) is 18.4 Å². The number of aliphatic hydroxyl groups is 1. The number of benzene rings is 1. The fourth-order valence-electron chi connectivity index (χ4n) is 1.64. The van der Waals surface area contributed by atoms with Crippen LogP contribution in [-0.4, -0.2) is 23.7 Å². The Morgan fingerprint density at radius 1 is 1.33 bits per heavy atom. The molecule has 0 bridgehead atoms. The van der Waals surface area contributed by atoms with Gasteiger partial charge in [0.2, 0.25) is 0 Å². The summed E-state index contributed by atoms with van der Waals surface area (Å²) >= 11 is 0. The quantitative estimate of drug-likeness (QED) is 0.711. The molecule has 1 amide bonds. The molecule has 0 heterocycles. The number of carbonyl (C=O) groups is 1. The van der Waals surface area contributed by atoms with Crippen LogP contribution in [0.25, 0.3) is 0 Å². The van der Waals surface area contributed by atoms with Gasteiger partial charge in [-0.05, 0) is 37.0 Å². The van der Waals surface area contributed by atoms with Crippen LogP contribution in [0.3, 0.4) is 0 Å². The van der Waals surface area contributed by atoms with Crippen molar-refractivity contribution in [3.63, 3.8) is 0 Å². The molecular formula is C14H22N2O2. The van der Waals surface area contributed by atoms with Crippen molar-refractivity contribution in [2.45, 2.75) is 33.8 Å². The van der Waals surface area contributed by atoms with Crippen LogP contribution in [0.4, 0.5) is 5.69 Å². The lowest BCUT2D eigenvalue weighted by molar-refractivity contribution is 0.0871. The predicted molar refractivity (Wildman–Crippen MR) is 73.5 cm³/mol. The number of hydrogen-bond donors (Lipinski definition) is 3. The Bertz CT molecular complexity index is 442. The van der Waals surface area contributed by atoms with Crippen LogP contribution < -0.4 is 11.1 Å². The summed E-state index contributed by atoms with van der Waals surface area (Å²) in [4.78, 5) is 12.0. The minimum absolute atomic E-state index is 0.120. The van der Waals surface area contributed by atoms with Crippen LogP contribution in [0.15, 0.2) is 12.1 Å². The summed E-state index contributed by atoms with van der Waals surface area (Å²) in [5.41, 5.74) is 8.82. The number of nitrogens with one attached hydrogen (secondary N) is 1. The summed E-state index contributed by atoms with van der Waals surface area (Å²) in [5.74, 6) is -0.0756. The van der Waals surface area contributed by atoms with Crippen molar-refractivity contribution in [2.24, 2.45) is 5.92 Å². The second kappa shape index (κ2) is 5.87. The fraction of sp³-hybridized carbons (Fsp3) is 0.500. The molecule has 0 radical (unpaired) electrons. The first-order chi connectivity index (χ1) is 8.32. The largest absolute Gasteiger partial charge is 0.398 e. The van der Waals surface area contributed by atoms with Crippen molar-refractivity contribution in [2.75, 3.05) is 12.3 Å². The molecule has 1 unspecified atom stereocenters. The summed E-state index contributed by atoms with van der Waals surface area (Å²) in [6, 6.07) is 3.57. The first-order valence-corrected chi connectivity index (χ1v) is 6.16. The van der Waals surface area contributed by atoms with Gasteiger partial charge in [0.05, 0.1) is 6.10 Å². The summed E-state index contributed by atoms with van der Waals surface area (Å²) in [6.07, 6.45) is -0.531. The van der Waals surface area contributed by atoms with Gasteiger partial charge in [-0.1, -0.05) is 19.9 Å². The van der Waals surface area contributed by atoms with Crippen molar-refractivity contribution >= 4 is 11.6 Å². The number of aliphatic hydroxyl groups excluding tert-OH is 1. The molecule has 0 aliphatic rings. The van der Waals surface area contributed by atoms with Crippen molar-refractivity contribution < 1.29 is 9.90 Å². The van der Waals surface area contributed by atoms with Gasteiger partial charge in [0, 0.05) is 17.8 Å². The number of carbonyl (C=O) groups excluding carboxylic acids is 1. The van der Waals surface area contributed by atoms with Gasteiger partial charge in [-0.3, -0.25) is 4.79 Å². The molecule has 0 aromatic heterocycles. The van der Waals surface area contributed by atoms with Gasteiger partial charge in [0.1, 0.15) is 0 Å². The van der Waals surface area contributed by atoms with Gasteiger partial charge >= 0.3 is 0 Å². The first kappa shape index (κ1) is 14.5. The molecule has 0 saturated heterocycles. The molecule has 1 rings (SSSR count). The van der Waals surface area contributed by atoms with Crippen LogP contribution in [0.2, 0.25) is 0 Å². The summed E-state index contributed by atoms with van der Waals surface area (Å²) in [5, 5.41) is 12.4. The number of nitrogen functional groups attached to an aromatic ring is 1. The van der Waals surface area contributed by atoms with E-state index in [1.165, 1.54) is 0 Å². The SMILES string of the molecule is Cc1cc(C)c(C(=O)NCC(O)C(C)C)cc1N. The third-order valence-electron chi connectivity index (χ3n) is 3.10. The topological polar surface area (TPSA) is 75.3 Å². The molecule has 0 spiro atoms. The number of anilines is 1. The van der Waals surface area contributed by atoms with Gasteiger partial charge in [-0.25, -0.2) is 0 Å². The maximum atomic E-state index is 12.0. The Morgan fingerprint density at radius 3 is 2.50 bits per heavy atom. The molecular weight excluding hydrogens is 228 g/mol. The smallest absolute Gasteiger partial charge is 0.251 e. The monoisotopic (exact) mass is 250 g/mol. The molecule has 0 fully saturated rings. The molecule has 4 heteroatoms. The lowest BCUT2D eigenvalue weighted by atomic mass is 10.0. The second-order valence-electron chi connectivity index (χ2n) is 5.05. The highest BCUT2D eigenvalue weighted by molar-refractivity contribution is 5.96. The van der Waals surface area contributed by atoms with Crippen LogP contribution in [-0.2, 0) is 0 Å². The molecule has 4 N–H and O–H groups in total. The third kappa shape index (κ3) is 3.47. The summed E-state index contributed by atoms with van der Waals surface area (Å²) in [6.45, 7) is 7.86. The normalized spacial score (nSPS) is 12.6. The van der Waals surface area contributed by atoms with Crippen LogP contribution in [0, 0.1) is 19.8 Å². The van der Waals surface area contributed by atoms with E-state index in [9.17, 15) is 9.90 Å². The zero-order valence-electron chi connectivity index (χ0n) is 11.4. The highest BCUT2D eigenvalue weighted by Crippen LogP contribution is 2.17. The zero-order valence-corrected chi connectivity index (χ0v) is 11.4. The zero-order chi connectivity index (χ0) is 13.9. The fourth-order valence-corrected chi connectivity index (χ4v) is 1.64. The van der Waals surface area contributed by atoms with Crippen molar-refractivity contribution in [1.29, 1.82) is 0 Å². The summed E-state index contributed by atoms with van der Waals surface area (Å²) < 4.78 is 0. The molecule has 1 aromatic carbocycles. The molecule has 0 aliphatic carbocycles. The highest BCUT2D eigenvalue weighted by atomic mass is 16.3. The minimum atomic E-state index is -0.531. The molecule has 4 nitrogen and oxygen atoms in total. The molecule has 100 valence electrons. The van der Waals surface area contributed by atoms with E-state index in [1.807, 2.05) is 33.8 Å². The third-order valence-corrected chi connectivity index (χ3v) is 3.10. The first-order valence-electron chi connectivity index (χ1n) is 6.16. The van der Waals surface area contributed by atoms with E-state index in [0.29, 0.717) is 11.3 Å². The molecule has 18 heavy (non-hydrogen) atoms. The van der Waals surface area contributed by atoms with E-state index >= 15 is 0 Å². The number of amides is 1. The van der Waals surface area contributed by atoms with E-state index in [2.05, 4.69) is 5.32 Å². The van der Waals surface area contributed by atoms with Crippen molar-refractivity contribution in [3.05, 3.63) is 28.8 Å². The van der Waals surface area contributed by atoms with E-state index < -0.39 is 6.10 Å². The van der Waals surface area contributed by atoms with E-state index in [4.69, 9.17) is 5.73 Å². The average Bonchev–Trinajstić information content (AvgIpc) is 2.30. The average molecular weight is 250 g/mol. The Kier molecular flexibility index (Phi) is 4.73. The Morgan fingerprint density at radius 2 is 1.94 bits per heavy atom. The lowest BCUT2D eigenvalue weighted by Gasteiger charge is -2.16.